The molecule has 0 saturated carbocycles. The lowest BCUT2D eigenvalue weighted by Gasteiger charge is -2.09. The maximum atomic E-state index is 5.77. The van der Waals surface area contributed by atoms with Crippen LogP contribution in [-0.2, 0) is 0 Å². The Morgan fingerprint density at radius 1 is 0.406 bits per heavy atom. The Balaban J connectivity index is 0.000000181. The number of nitrogens with two attached hydrogens (primary N) is 6. The third kappa shape index (κ3) is 6.14. The van der Waals surface area contributed by atoms with Crippen LogP contribution in [0.15, 0.2) is 84.9 Å². The Kier molecular flexibility index (Phi) is 6.77. The maximum Gasteiger partial charge on any atom is 0.150 e. The number of hydrogen-bond donors (Lipinski definition) is 6. The summed E-state index contributed by atoms with van der Waals surface area (Å²) in [4.78, 5) is 0. The molecule has 4 rings (SSSR count). The fraction of sp³-hybridized carbons (Fsp3) is 0. The van der Waals surface area contributed by atoms with Crippen molar-refractivity contribution in [2.24, 2.45) is 0 Å². The molecule has 0 aliphatic carbocycles. The first-order chi connectivity index (χ1) is 15.3. The number of ether oxygens (including phenoxy) is 2. The summed E-state index contributed by atoms with van der Waals surface area (Å²) in [6, 6.07) is 24.5. The first-order valence-corrected chi connectivity index (χ1v) is 9.67. The summed E-state index contributed by atoms with van der Waals surface area (Å²) < 4.78 is 11.2. The van der Waals surface area contributed by atoms with Gasteiger partial charge in [-0.15, -0.1) is 0 Å². The Morgan fingerprint density at radius 2 is 0.875 bits per heavy atom. The van der Waals surface area contributed by atoms with Crippen molar-refractivity contribution >= 4 is 34.1 Å². The van der Waals surface area contributed by atoms with E-state index in [1.807, 2.05) is 12.1 Å². The van der Waals surface area contributed by atoms with Gasteiger partial charge in [-0.3, -0.25) is 0 Å². The largest absolute Gasteiger partial charge is 0.455 e. The normalized spacial score (nSPS) is 10.0. The average Bonchev–Trinajstić information content (AvgIpc) is 2.74. The summed E-state index contributed by atoms with van der Waals surface area (Å²) in [7, 11) is 0. The predicted octanol–water partition coefficient (Wildman–Crippen LogP) is 4.45. The summed E-state index contributed by atoms with van der Waals surface area (Å²) in [6.07, 6.45) is 0. The van der Waals surface area contributed by atoms with E-state index in [0.29, 0.717) is 57.1 Å². The summed E-state index contributed by atoms with van der Waals surface area (Å²) in [5.41, 5.74) is 37.5. The zero-order chi connectivity index (χ0) is 23.1. The number of anilines is 6. The topological polar surface area (TPSA) is 175 Å². The third-order valence-corrected chi connectivity index (χ3v) is 4.26. The van der Waals surface area contributed by atoms with Crippen LogP contribution in [0.3, 0.4) is 0 Å². The highest BCUT2D eigenvalue weighted by molar-refractivity contribution is 5.62. The second-order valence-corrected chi connectivity index (χ2v) is 6.94. The first-order valence-electron chi connectivity index (χ1n) is 9.67. The van der Waals surface area contributed by atoms with Gasteiger partial charge in [0.05, 0.1) is 11.4 Å². The second kappa shape index (κ2) is 9.86. The smallest absolute Gasteiger partial charge is 0.150 e. The first kappa shape index (κ1) is 22.0. The van der Waals surface area contributed by atoms with Crippen molar-refractivity contribution in [3.05, 3.63) is 84.9 Å². The van der Waals surface area contributed by atoms with E-state index in [9.17, 15) is 0 Å². The summed E-state index contributed by atoms with van der Waals surface area (Å²) in [5.74, 6) is 2.49. The minimum atomic E-state index is 0.502. The van der Waals surface area contributed by atoms with E-state index < -0.39 is 0 Å². The molecule has 4 aromatic carbocycles. The monoisotopic (exact) mass is 430 g/mol. The van der Waals surface area contributed by atoms with Crippen LogP contribution in [0.25, 0.3) is 0 Å². The van der Waals surface area contributed by atoms with Crippen LogP contribution in [0.1, 0.15) is 0 Å². The van der Waals surface area contributed by atoms with Gasteiger partial charge in [0.2, 0.25) is 0 Å². The van der Waals surface area contributed by atoms with Crippen molar-refractivity contribution in [1.82, 2.24) is 0 Å². The van der Waals surface area contributed by atoms with Crippen molar-refractivity contribution < 1.29 is 9.47 Å². The number of hydrogen-bond acceptors (Lipinski definition) is 8. The molecule has 0 aliphatic rings. The summed E-state index contributed by atoms with van der Waals surface area (Å²) in [6.45, 7) is 0. The van der Waals surface area contributed by atoms with Gasteiger partial charge in [-0.05, 0) is 72.8 Å². The van der Waals surface area contributed by atoms with E-state index >= 15 is 0 Å². The van der Waals surface area contributed by atoms with E-state index in [0.717, 1.165) is 0 Å². The van der Waals surface area contributed by atoms with Gasteiger partial charge >= 0.3 is 0 Å². The van der Waals surface area contributed by atoms with Gasteiger partial charge in [0.15, 0.2) is 0 Å². The molecular formula is C24H26N6O2. The second-order valence-electron chi connectivity index (χ2n) is 6.94. The highest BCUT2D eigenvalue weighted by Gasteiger charge is 2.03. The molecule has 0 aromatic heterocycles. The molecule has 0 heterocycles. The molecule has 0 unspecified atom stereocenters. The molecule has 0 fully saturated rings. The Bertz CT molecular complexity index is 1200. The van der Waals surface area contributed by atoms with E-state index in [4.69, 9.17) is 43.9 Å². The van der Waals surface area contributed by atoms with Crippen molar-refractivity contribution in [3.8, 4) is 23.0 Å². The zero-order valence-electron chi connectivity index (χ0n) is 17.4. The lowest BCUT2D eigenvalue weighted by Crippen LogP contribution is -1.94. The molecular weight excluding hydrogens is 404 g/mol. The van der Waals surface area contributed by atoms with Gasteiger partial charge in [-0.1, -0.05) is 6.07 Å². The quantitative estimate of drug-likeness (QED) is 0.257. The average molecular weight is 431 g/mol. The lowest BCUT2D eigenvalue weighted by molar-refractivity contribution is 0.485. The molecule has 32 heavy (non-hydrogen) atoms. The van der Waals surface area contributed by atoms with Crippen LogP contribution in [0.5, 0.6) is 23.0 Å². The lowest BCUT2D eigenvalue weighted by atomic mass is 10.2. The number of rotatable bonds is 4. The van der Waals surface area contributed by atoms with Gasteiger partial charge < -0.3 is 43.9 Å². The maximum absolute atomic E-state index is 5.77. The Labute approximate surface area is 186 Å². The van der Waals surface area contributed by atoms with E-state index in [-0.39, 0.29) is 0 Å². The van der Waals surface area contributed by atoms with Crippen LogP contribution >= 0.6 is 0 Å². The molecule has 0 radical (unpaired) electrons. The molecule has 8 heteroatoms. The standard InChI is InChI=1S/2C12H13N3O/c13-8-1-4-10(5-2-8)16-12-6-3-9(14)7-11(12)15;13-8-2-1-3-10(6-8)16-12-5-4-9(14)7-11(12)15/h2*1-7H,13-15H2. The minimum Gasteiger partial charge on any atom is -0.455 e. The SMILES string of the molecule is Nc1ccc(Oc2ccc(N)cc2N)cc1.Nc1cccc(Oc2ccc(N)cc2N)c1. The van der Waals surface area contributed by atoms with Gasteiger partial charge in [0.1, 0.15) is 23.0 Å². The molecule has 12 N–H and O–H groups in total. The van der Waals surface area contributed by atoms with Crippen molar-refractivity contribution in [1.29, 1.82) is 0 Å². The molecule has 0 aliphatic heterocycles. The van der Waals surface area contributed by atoms with E-state index in [1.165, 1.54) is 0 Å². The molecule has 0 bridgehead atoms. The predicted molar refractivity (Wildman–Crippen MR) is 132 cm³/mol. The third-order valence-electron chi connectivity index (χ3n) is 4.26. The zero-order valence-corrected chi connectivity index (χ0v) is 17.4. The fourth-order valence-corrected chi connectivity index (χ4v) is 2.69. The Hall–Kier alpha value is -4.72. The molecule has 8 nitrogen and oxygen atoms in total. The van der Waals surface area contributed by atoms with E-state index in [2.05, 4.69) is 0 Å². The van der Waals surface area contributed by atoms with Gasteiger partial charge in [-0.2, -0.15) is 0 Å². The van der Waals surface area contributed by atoms with Crippen molar-refractivity contribution in [3.63, 3.8) is 0 Å². The summed E-state index contributed by atoms with van der Waals surface area (Å²) >= 11 is 0. The fourth-order valence-electron chi connectivity index (χ4n) is 2.69. The number of nitrogen functional groups attached to an aromatic ring is 6. The highest BCUT2D eigenvalue weighted by atomic mass is 16.5. The van der Waals surface area contributed by atoms with Gasteiger partial charge in [0.25, 0.3) is 0 Å². The van der Waals surface area contributed by atoms with Crippen LogP contribution in [-0.4, -0.2) is 0 Å². The van der Waals surface area contributed by atoms with Crippen LogP contribution in [0, 0.1) is 0 Å². The van der Waals surface area contributed by atoms with Crippen LogP contribution < -0.4 is 43.9 Å². The molecule has 0 saturated heterocycles. The van der Waals surface area contributed by atoms with Crippen molar-refractivity contribution in [2.75, 3.05) is 34.4 Å². The van der Waals surface area contributed by atoms with Crippen molar-refractivity contribution in [2.45, 2.75) is 0 Å². The molecule has 0 atom stereocenters. The van der Waals surface area contributed by atoms with Gasteiger partial charge in [-0.25, -0.2) is 0 Å². The Morgan fingerprint density at radius 3 is 1.38 bits per heavy atom. The molecule has 4 aromatic rings. The molecule has 0 spiro atoms. The highest BCUT2D eigenvalue weighted by Crippen LogP contribution is 2.30. The molecule has 164 valence electrons. The minimum absolute atomic E-state index is 0.502. The number of benzene rings is 4. The van der Waals surface area contributed by atoms with Gasteiger partial charge in [0, 0.05) is 28.8 Å². The van der Waals surface area contributed by atoms with Crippen LogP contribution in [0.4, 0.5) is 34.1 Å². The van der Waals surface area contributed by atoms with E-state index in [1.54, 1.807) is 72.8 Å². The van der Waals surface area contributed by atoms with Crippen LogP contribution in [0.2, 0.25) is 0 Å². The summed E-state index contributed by atoms with van der Waals surface area (Å²) in [5, 5.41) is 0. The molecule has 0 amide bonds.